The Kier molecular flexibility index (Phi) is 3.70. The zero-order valence-electron chi connectivity index (χ0n) is 12.3. The van der Waals surface area contributed by atoms with Crippen molar-refractivity contribution in [3.63, 3.8) is 0 Å². The lowest BCUT2D eigenvalue weighted by molar-refractivity contribution is -0.148. The molecule has 1 atom stereocenters. The van der Waals surface area contributed by atoms with Gasteiger partial charge in [-0.15, -0.1) is 0 Å². The number of carbonyl (C=O) groups is 1. The third-order valence-electron chi connectivity index (χ3n) is 4.63. The molecule has 2 aliphatic rings. The molecule has 3 heterocycles. The zero-order chi connectivity index (χ0) is 14.9. The number of furan rings is 1. The van der Waals surface area contributed by atoms with Gasteiger partial charge in [-0.25, -0.2) is 0 Å². The second-order valence-corrected chi connectivity index (χ2v) is 5.93. The molecule has 1 aromatic heterocycles. The molecule has 112 valence electrons. The van der Waals surface area contributed by atoms with E-state index in [4.69, 9.17) is 9.68 Å². The number of likely N-dealkylation sites (tertiary alicyclic amines) is 1. The van der Waals surface area contributed by atoms with Crippen LogP contribution in [0.25, 0.3) is 0 Å². The molecule has 3 rings (SSSR count). The summed E-state index contributed by atoms with van der Waals surface area (Å²) < 4.78 is 5.10. The molecule has 1 aromatic rings. The highest BCUT2D eigenvalue weighted by Crippen LogP contribution is 2.33. The van der Waals surface area contributed by atoms with E-state index >= 15 is 0 Å². The Morgan fingerprint density at radius 3 is 3.00 bits per heavy atom. The first kappa shape index (κ1) is 14.1. The van der Waals surface area contributed by atoms with Gasteiger partial charge in [0.1, 0.15) is 5.54 Å². The second-order valence-electron chi connectivity index (χ2n) is 5.93. The number of rotatable bonds is 3. The van der Waals surface area contributed by atoms with Gasteiger partial charge in [0.2, 0.25) is 5.91 Å². The van der Waals surface area contributed by atoms with E-state index in [1.54, 1.807) is 17.4 Å². The van der Waals surface area contributed by atoms with Crippen molar-refractivity contribution in [3.05, 3.63) is 24.2 Å². The number of carbonyl (C=O) groups excluding carboxylic acids is 1. The van der Waals surface area contributed by atoms with Crippen LogP contribution >= 0.6 is 0 Å². The molecule has 1 spiro atoms. The van der Waals surface area contributed by atoms with Crippen molar-refractivity contribution in [2.45, 2.75) is 18.5 Å². The molecule has 6 nitrogen and oxygen atoms in total. The summed E-state index contributed by atoms with van der Waals surface area (Å²) >= 11 is 0. The first-order chi connectivity index (χ1) is 10.2. The van der Waals surface area contributed by atoms with E-state index in [0.717, 1.165) is 31.6 Å². The predicted octanol–water partition coefficient (Wildman–Crippen LogP) is 0.522. The molecule has 2 fully saturated rings. The summed E-state index contributed by atoms with van der Waals surface area (Å²) in [5.41, 5.74) is 0.599. The van der Waals surface area contributed by atoms with Gasteiger partial charge < -0.3 is 9.32 Å². The van der Waals surface area contributed by atoms with E-state index in [2.05, 4.69) is 15.9 Å². The number of nitrogens with zero attached hydrogens (tertiary/aromatic N) is 4. The van der Waals surface area contributed by atoms with Crippen molar-refractivity contribution in [2.24, 2.45) is 0 Å². The van der Waals surface area contributed by atoms with Crippen LogP contribution in [0.3, 0.4) is 0 Å². The fourth-order valence-electron chi connectivity index (χ4n) is 3.47. The third-order valence-corrected chi connectivity index (χ3v) is 4.63. The van der Waals surface area contributed by atoms with Crippen molar-refractivity contribution in [1.29, 1.82) is 5.26 Å². The number of hydrogen-bond donors (Lipinski definition) is 0. The molecule has 0 radical (unpaired) electrons. The van der Waals surface area contributed by atoms with Gasteiger partial charge in [-0.1, -0.05) is 0 Å². The number of amides is 1. The van der Waals surface area contributed by atoms with Crippen LogP contribution in [0.15, 0.2) is 23.0 Å². The first-order valence-corrected chi connectivity index (χ1v) is 7.27. The maximum Gasteiger partial charge on any atom is 0.244 e. The fourth-order valence-corrected chi connectivity index (χ4v) is 3.47. The first-order valence-electron chi connectivity index (χ1n) is 7.27. The summed E-state index contributed by atoms with van der Waals surface area (Å²) in [5.74, 6) is 0.152. The Hall–Kier alpha value is -1.84. The average Bonchev–Trinajstić information content (AvgIpc) is 3.12. The highest BCUT2D eigenvalue weighted by Gasteiger charge is 2.52. The maximum atomic E-state index is 12.7. The van der Waals surface area contributed by atoms with Crippen LogP contribution in [-0.2, 0) is 11.3 Å². The highest BCUT2D eigenvalue weighted by atomic mass is 16.3. The fraction of sp³-hybridized carbons (Fsp3) is 0.600. The van der Waals surface area contributed by atoms with Gasteiger partial charge in [-0.2, -0.15) is 5.26 Å². The standard InChI is InChI=1S/C15H20N4O2/c1-17-7-8-19(6-4-16)15(14(17)20)3-5-18(12-15)10-13-2-9-21-11-13/h2,9,11H,3,5-8,10,12H2,1H3/t15-/m1/s1. The van der Waals surface area contributed by atoms with Gasteiger partial charge in [0.05, 0.1) is 25.1 Å². The molecule has 0 aliphatic carbocycles. The summed E-state index contributed by atoms with van der Waals surface area (Å²) in [7, 11) is 1.85. The molecule has 1 amide bonds. The number of hydrogen-bond acceptors (Lipinski definition) is 5. The minimum Gasteiger partial charge on any atom is -0.472 e. The molecule has 0 saturated carbocycles. The van der Waals surface area contributed by atoms with Crippen LogP contribution in [0.4, 0.5) is 0 Å². The maximum absolute atomic E-state index is 12.7. The molecular formula is C15H20N4O2. The van der Waals surface area contributed by atoms with Crippen molar-refractivity contribution >= 4 is 5.91 Å². The highest BCUT2D eigenvalue weighted by molar-refractivity contribution is 5.87. The third kappa shape index (κ3) is 2.43. The summed E-state index contributed by atoms with van der Waals surface area (Å²) in [6.07, 6.45) is 4.20. The Labute approximate surface area is 124 Å². The van der Waals surface area contributed by atoms with Crippen molar-refractivity contribution in [3.8, 4) is 6.07 Å². The molecule has 0 bridgehead atoms. The van der Waals surface area contributed by atoms with E-state index in [9.17, 15) is 4.79 Å². The lowest BCUT2D eigenvalue weighted by Crippen LogP contribution is -2.66. The minimum atomic E-state index is -0.521. The number of nitriles is 1. The molecule has 21 heavy (non-hydrogen) atoms. The molecular weight excluding hydrogens is 268 g/mol. The van der Waals surface area contributed by atoms with E-state index in [1.165, 1.54) is 0 Å². The predicted molar refractivity (Wildman–Crippen MR) is 76.2 cm³/mol. The number of piperazine rings is 1. The van der Waals surface area contributed by atoms with Gasteiger partial charge in [0.15, 0.2) is 0 Å². The molecule has 0 aromatic carbocycles. The molecule has 6 heteroatoms. The van der Waals surface area contributed by atoms with E-state index in [-0.39, 0.29) is 5.91 Å². The zero-order valence-corrected chi connectivity index (χ0v) is 12.3. The Morgan fingerprint density at radius 1 is 1.43 bits per heavy atom. The van der Waals surface area contributed by atoms with Gasteiger partial charge >= 0.3 is 0 Å². The molecule has 0 unspecified atom stereocenters. The van der Waals surface area contributed by atoms with Crippen LogP contribution in [0.5, 0.6) is 0 Å². The van der Waals surface area contributed by atoms with Gasteiger partial charge in [-0.3, -0.25) is 14.6 Å². The van der Waals surface area contributed by atoms with Crippen LogP contribution < -0.4 is 0 Å². The van der Waals surface area contributed by atoms with Crippen molar-refractivity contribution in [2.75, 3.05) is 39.8 Å². The lowest BCUT2D eigenvalue weighted by Gasteiger charge is -2.45. The van der Waals surface area contributed by atoms with Gasteiger partial charge in [-0.05, 0) is 12.5 Å². The quantitative estimate of drug-likeness (QED) is 0.759. The van der Waals surface area contributed by atoms with Gasteiger partial charge in [0, 0.05) is 45.3 Å². The summed E-state index contributed by atoms with van der Waals surface area (Å²) in [4.78, 5) is 18.8. The second kappa shape index (κ2) is 5.51. The Bertz CT molecular complexity index is 551. The van der Waals surface area contributed by atoms with Crippen LogP contribution in [-0.4, -0.2) is 65.9 Å². The molecule has 0 N–H and O–H groups in total. The van der Waals surface area contributed by atoms with Crippen LogP contribution in [0, 0.1) is 11.3 Å². The van der Waals surface area contributed by atoms with E-state index in [1.807, 2.05) is 13.1 Å². The summed E-state index contributed by atoms with van der Waals surface area (Å²) in [6, 6.07) is 4.16. The molecule has 2 saturated heterocycles. The summed E-state index contributed by atoms with van der Waals surface area (Å²) in [5, 5.41) is 9.05. The average molecular weight is 288 g/mol. The largest absolute Gasteiger partial charge is 0.472 e. The van der Waals surface area contributed by atoms with Crippen LogP contribution in [0.1, 0.15) is 12.0 Å². The van der Waals surface area contributed by atoms with Crippen molar-refractivity contribution < 1.29 is 9.21 Å². The molecule has 2 aliphatic heterocycles. The smallest absolute Gasteiger partial charge is 0.244 e. The SMILES string of the molecule is CN1CCN(CC#N)[C@@]2(CCN(Cc3ccoc3)C2)C1=O. The monoisotopic (exact) mass is 288 g/mol. The van der Waals surface area contributed by atoms with Crippen LogP contribution in [0.2, 0.25) is 0 Å². The van der Waals surface area contributed by atoms with E-state index < -0.39 is 5.54 Å². The minimum absolute atomic E-state index is 0.152. The number of likely N-dealkylation sites (N-methyl/N-ethyl adjacent to an activating group) is 1. The lowest BCUT2D eigenvalue weighted by atomic mass is 9.91. The van der Waals surface area contributed by atoms with E-state index in [0.29, 0.717) is 19.6 Å². The summed E-state index contributed by atoms with van der Waals surface area (Å²) in [6.45, 7) is 4.13. The van der Waals surface area contributed by atoms with Gasteiger partial charge in [0.25, 0.3) is 0 Å². The normalized spacial score (nSPS) is 27.4. The van der Waals surface area contributed by atoms with Crippen molar-refractivity contribution in [1.82, 2.24) is 14.7 Å². The topological polar surface area (TPSA) is 63.7 Å². The Morgan fingerprint density at radius 2 is 2.29 bits per heavy atom. The Balaban J connectivity index is 1.77.